The highest BCUT2D eigenvalue weighted by atomic mass is 32.1. The van der Waals surface area contributed by atoms with Crippen LogP contribution in [0.25, 0.3) is 10.2 Å². The number of ketones is 1. The standard InChI is InChI=1S/C21H20N2O3S/c1-11-2-4-15-13(8-11)9-14-18(22)20(27-21(14)23-15)19(24)12-3-5-16-17(10-12)26-7-6-25-16/h3,5,9-11H,2,4,6-8,22H2,1H3. The molecule has 6 heteroatoms. The molecule has 0 amide bonds. The zero-order valence-electron chi connectivity index (χ0n) is 15.1. The Balaban J connectivity index is 1.56. The Morgan fingerprint density at radius 2 is 2.04 bits per heavy atom. The second-order valence-electron chi connectivity index (χ2n) is 7.33. The van der Waals surface area contributed by atoms with Crippen molar-refractivity contribution < 1.29 is 14.3 Å². The molecule has 1 atom stereocenters. The topological polar surface area (TPSA) is 74.4 Å². The van der Waals surface area contributed by atoms with E-state index in [1.807, 2.05) is 0 Å². The van der Waals surface area contributed by atoms with Gasteiger partial charge in [-0.05, 0) is 55.0 Å². The fraction of sp³-hybridized carbons (Fsp3) is 0.333. The van der Waals surface area contributed by atoms with E-state index in [0.717, 1.165) is 35.2 Å². The van der Waals surface area contributed by atoms with E-state index in [1.165, 1.54) is 16.9 Å². The van der Waals surface area contributed by atoms with E-state index >= 15 is 0 Å². The first-order valence-corrected chi connectivity index (χ1v) is 10.1. The molecule has 138 valence electrons. The lowest BCUT2D eigenvalue weighted by Crippen LogP contribution is -2.15. The van der Waals surface area contributed by atoms with Crippen LogP contribution in [0.1, 0.15) is 39.8 Å². The molecule has 3 heterocycles. The molecule has 0 fully saturated rings. The zero-order valence-corrected chi connectivity index (χ0v) is 15.9. The summed E-state index contributed by atoms with van der Waals surface area (Å²) in [5.74, 6) is 1.84. The molecule has 1 aliphatic carbocycles. The third-order valence-corrected chi connectivity index (χ3v) is 6.46. The van der Waals surface area contributed by atoms with Gasteiger partial charge < -0.3 is 15.2 Å². The first-order chi connectivity index (χ1) is 13.1. The number of rotatable bonds is 2. The molecule has 1 unspecified atom stereocenters. The molecule has 1 aromatic carbocycles. The summed E-state index contributed by atoms with van der Waals surface area (Å²) in [5.41, 5.74) is 9.88. The summed E-state index contributed by atoms with van der Waals surface area (Å²) in [6.45, 7) is 3.28. The number of aryl methyl sites for hydroxylation is 1. The lowest BCUT2D eigenvalue weighted by Gasteiger charge is -2.20. The molecule has 0 saturated heterocycles. The minimum Gasteiger partial charge on any atom is -0.486 e. The second-order valence-corrected chi connectivity index (χ2v) is 8.33. The lowest BCUT2D eigenvalue weighted by molar-refractivity contribution is 0.104. The number of nitrogen functional groups attached to an aromatic ring is 1. The molecule has 2 aliphatic rings. The summed E-state index contributed by atoms with van der Waals surface area (Å²) in [7, 11) is 0. The number of thiophene rings is 1. The number of aromatic nitrogens is 1. The van der Waals surface area contributed by atoms with Gasteiger partial charge in [-0.1, -0.05) is 6.92 Å². The van der Waals surface area contributed by atoms with Gasteiger partial charge in [0.25, 0.3) is 0 Å². The van der Waals surface area contributed by atoms with E-state index in [4.69, 9.17) is 20.2 Å². The molecule has 5 nitrogen and oxygen atoms in total. The maximum atomic E-state index is 13.1. The molecule has 0 radical (unpaired) electrons. The van der Waals surface area contributed by atoms with Crippen molar-refractivity contribution in [2.45, 2.75) is 26.2 Å². The van der Waals surface area contributed by atoms with Crippen LogP contribution in [0, 0.1) is 5.92 Å². The van der Waals surface area contributed by atoms with Crippen LogP contribution in [-0.2, 0) is 12.8 Å². The smallest absolute Gasteiger partial charge is 0.205 e. The number of nitrogens with two attached hydrogens (primary N) is 1. The van der Waals surface area contributed by atoms with Crippen molar-refractivity contribution in [3.05, 3.63) is 46.0 Å². The van der Waals surface area contributed by atoms with Gasteiger partial charge >= 0.3 is 0 Å². The number of carbonyl (C=O) groups excluding carboxylic acids is 1. The van der Waals surface area contributed by atoms with Crippen molar-refractivity contribution in [3.63, 3.8) is 0 Å². The Labute approximate surface area is 161 Å². The fourth-order valence-electron chi connectivity index (χ4n) is 3.86. The van der Waals surface area contributed by atoms with Gasteiger partial charge in [0.1, 0.15) is 22.9 Å². The number of fused-ring (bicyclic) bond motifs is 3. The molecule has 2 N–H and O–H groups in total. The Kier molecular flexibility index (Phi) is 3.82. The Hall–Kier alpha value is -2.60. The van der Waals surface area contributed by atoms with Crippen LogP contribution in [0.4, 0.5) is 5.69 Å². The van der Waals surface area contributed by atoms with Gasteiger partial charge in [-0.25, -0.2) is 4.98 Å². The van der Waals surface area contributed by atoms with E-state index in [2.05, 4.69) is 13.0 Å². The Bertz CT molecular complexity index is 1070. The summed E-state index contributed by atoms with van der Waals surface area (Å²) in [5, 5.41) is 0.897. The molecule has 1 aliphatic heterocycles. The number of anilines is 1. The van der Waals surface area contributed by atoms with Gasteiger partial charge in [0.05, 0.1) is 5.69 Å². The number of hydrogen-bond acceptors (Lipinski definition) is 6. The average Bonchev–Trinajstić information content (AvgIpc) is 3.01. The van der Waals surface area contributed by atoms with Crippen LogP contribution >= 0.6 is 11.3 Å². The van der Waals surface area contributed by atoms with E-state index in [-0.39, 0.29) is 5.78 Å². The van der Waals surface area contributed by atoms with E-state index in [0.29, 0.717) is 46.8 Å². The Morgan fingerprint density at radius 3 is 2.89 bits per heavy atom. The van der Waals surface area contributed by atoms with Crippen molar-refractivity contribution in [2.75, 3.05) is 18.9 Å². The molecular weight excluding hydrogens is 360 g/mol. The second kappa shape index (κ2) is 6.23. The van der Waals surface area contributed by atoms with E-state index in [1.54, 1.807) is 18.2 Å². The predicted octanol–water partition coefficient (Wildman–Crippen LogP) is 4.01. The minimum atomic E-state index is -0.0983. The SMILES string of the molecule is CC1CCc2nc3sc(C(=O)c4ccc5c(c4)OCCO5)c(N)c3cc2C1. The van der Waals surface area contributed by atoms with Gasteiger partial charge in [-0.2, -0.15) is 0 Å². The van der Waals surface area contributed by atoms with E-state index in [9.17, 15) is 4.79 Å². The minimum absolute atomic E-state index is 0.0983. The van der Waals surface area contributed by atoms with Gasteiger partial charge in [0.2, 0.25) is 5.78 Å². The number of benzene rings is 1. The maximum Gasteiger partial charge on any atom is 0.205 e. The number of pyridine rings is 1. The van der Waals surface area contributed by atoms with Crippen LogP contribution in [0.2, 0.25) is 0 Å². The van der Waals surface area contributed by atoms with Gasteiger partial charge in [-0.3, -0.25) is 4.79 Å². The highest BCUT2D eigenvalue weighted by molar-refractivity contribution is 7.21. The number of carbonyl (C=O) groups is 1. The largest absolute Gasteiger partial charge is 0.486 e. The van der Waals surface area contributed by atoms with Crippen molar-refractivity contribution in [1.82, 2.24) is 4.98 Å². The first-order valence-electron chi connectivity index (χ1n) is 9.25. The summed E-state index contributed by atoms with van der Waals surface area (Å²) in [6.07, 6.45) is 3.18. The van der Waals surface area contributed by atoms with E-state index < -0.39 is 0 Å². The average molecular weight is 380 g/mol. The van der Waals surface area contributed by atoms with Gasteiger partial charge in [0, 0.05) is 16.6 Å². The highest BCUT2D eigenvalue weighted by Crippen LogP contribution is 2.38. The monoisotopic (exact) mass is 380 g/mol. The van der Waals surface area contributed by atoms with Crippen molar-refractivity contribution in [3.8, 4) is 11.5 Å². The zero-order chi connectivity index (χ0) is 18.5. The lowest BCUT2D eigenvalue weighted by atomic mass is 9.87. The summed E-state index contributed by atoms with van der Waals surface area (Å²) < 4.78 is 11.1. The number of nitrogens with zero attached hydrogens (tertiary/aromatic N) is 1. The van der Waals surface area contributed by atoms with Crippen molar-refractivity contribution in [2.24, 2.45) is 5.92 Å². The molecule has 0 bridgehead atoms. The predicted molar refractivity (Wildman–Crippen MR) is 106 cm³/mol. The highest BCUT2D eigenvalue weighted by Gasteiger charge is 2.24. The van der Waals surface area contributed by atoms with Crippen LogP contribution < -0.4 is 15.2 Å². The van der Waals surface area contributed by atoms with Crippen LogP contribution in [0.3, 0.4) is 0 Å². The Morgan fingerprint density at radius 1 is 1.22 bits per heavy atom. The normalized spacial score (nSPS) is 18.3. The molecule has 3 aromatic rings. The molecule has 27 heavy (non-hydrogen) atoms. The third kappa shape index (κ3) is 2.75. The van der Waals surface area contributed by atoms with Crippen LogP contribution in [0.5, 0.6) is 11.5 Å². The molecule has 5 rings (SSSR count). The fourth-order valence-corrected chi connectivity index (χ4v) is 4.92. The molecular formula is C21H20N2O3S. The summed E-state index contributed by atoms with van der Waals surface area (Å²) in [6, 6.07) is 7.42. The summed E-state index contributed by atoms with van der Waals surface area (Å²) >= 11 is 1.38. The summed E-state index contributed by atoms with van der Waals surface area (Å²) in [4.78, 5) is 19.3. The van der Waals surface area contributed by atoms with Crippen molar-refractivity contribution in [1.29, 1.82) is 0 Å². The number of hydrogen-bond donors (Lipinski definition) is 1. The first kappa shape index (κ1) is 16.6. The quantitative estimate of drug-likeness (QED) is 0.680. The van der Waals surface area contributed by atoms with Gasteiger partial charge in [0.15, 0.2) is 11.5 Å². The van der Waals surface area contributed by atoms with Crippen LogP contribution in [0.15, 0.2) is 24.3 Å². The maximum absolute atomic E-state index is 13.1. The molecule has 2 aromatic heterocycles. The van der Waals surface area contributed by atoms with Crippen molar-refractivity contribution >= 4 is 33.0 Å². The van der Waals surface area contributed by atoms with Gasteiger partial charge in [-0.15, -0.1) is 11.3 Å². The van der Waals surface area contributed by atoms with Crippen LogP contribution in [-0.4, -0.2) is 24.0 Å². The molecule has 0 spiro atoms. The number of ether oxygens (including phenoxy) is 2. The third-order valence-electron chi connectivity index (χ3n) is 5.34. The molecule has 0 saturated carbocycles.